The van der Waals surface area contributed by atoms with Crippen molar-refractivity contribution >= 4 is 37.6 Å². The van der Waals surface area contributed by atoms with Gasteiger partial charge < -0.3 is 10.5 Å². The number of nitrogens with zero attached hydrogens (tertiary/aromatic N) is 4. The van der Waals surface area contributed by atoms with Gasteiger partial charge in [0.15, 0.2) is 5.82 Å². The third-order valence-electron chi connectivity index (χ3n) is 6.18. The number of aryl methyl sites for hydroxylation is 1. The van der Waals surface area contributed by atoms with E-state index < -0.39 is 33.3 Å². The summed E-state index contributed by atoms with van der Waals surface area (Å²) in [5.41, 5.74) is 7.48. The quantitative estimate of drug-likeness (QED) is 0.316. The van der Waals surface area contributed by atoms with Crippen LogP contribution in [-0.4, -0.2) is 41.1 Å². The van der Waals surface area contributed by atoms with Crippen LogP contribution in [0.4, 0.5) is 14.6 Å². The molecule has 13 heteroatoms. The number of hydrogen-bond donors (Lipinski definition) is 2. The van der Waals surface area contributed by atoms with Crippen molar-refractivity contribution in [3.8, 4) is 11.4 Å². The highest BCUT2D eigenvalue weighted by atomic mass is 32.2. The Kier molecular flexibility index (Phi) is 6.56. The van der Waals surface area contributed by atoms with Crippen molar-refractivity contribution < 1.29 is 21.9 Å². The van der Waals surface area contributed by atoms with Gasteiger partial charge in [-0.15, -0.1) is 0 Å². The van der Waals surface area contributed by atoms with E-state index in [1.807, 2.05) is 0 Å². The Morgan fingerprint density at radius 1 is 1.08 bits per heavy atom. The molecule has 0 bridgehead atoms. The number of benzene rings is 3. The van der Waals surface area contributed by atoms with E-state index in [9.17, 15) is 22.0 Å². The number of ether oxygens (including phenoxy) is 1. The molecule has 0 aliphatic rings. The van der Waals surface area contributed by atoms with Gasteiger partial charge in [0.2, 0.25) is 10.0 Å². The van der Waals surface area contributed by atoms with Crippen LogP contribution in [0.5, 0.6) is 5.75 Å². The molecule has 0 radical (unpaired) electrons. The largest absolute Gasteiger partial charge is 0.497 e. The van der Waals surface area contributed by atoms with Gasteiger partial charge in [0.25, 0.3) is 5.56 Å². The van der Waals surface area contributed by atoms with Crippen LogP contribution in [0.25, 0.3) is 27.5 Å². The monoisotopic (exact) mass is 554 g/mol. The highest BCUT2D eigenvalue weighted by Gasteiger charge is 2.23. The Morgan fingerprint density at radius 3 is 2.46 bits per heavy atom. The number of halogens is 2. The minimum Gasteiger partial charge on any atom is -0.497 e. The Morgan fingerprint density at radius 2 is 1.79 bits per heavy atom. The molecule has 0 amide bonds. The topological polar surface area (TPSA) is 134 Å². The second-order valence-electron chi connectivity index (χ2n) is 9.10. The molecule has 5 rings (SSSR count). The summed E-state index contributed by atoms with van der Waals surface area (Å²) in [6, 6.07) is 11.9. The van der Waals surface area contributed by atoms with Gasteiger partial charge in [-0.25, -0.2) is 22.2 Å². The number of para-hydroxylation sites is 1. The SMILES string of the molecule is COc1ccc2c(=O)n(-c3cccc4c(NS(C)(=O)=O)nn(C)c34)c(C(N)Cc3cc(F)cc(F)c3)nc2c1. The number of methoxy groups -OCH3 is 1. The molecule has 39 heavy (non-hydrogen) atoms. The second-order valence-corrected chi connectivity index (χ2v) is 10.9. The fraction of sp³-hybridized carbons (Fsp3) is 0.192. The molecule has 0 aliphatic heterocycles. The van der Waals surface area contributed by atoms with Crippen LogP contribution in [0.3, 0.4) is 0 Å². The third kappa shape index (κ3) is 5.05. The molecule has 202 valence electrons. The standard InChI is InChI=1S/C26H24F2N6O4S/c1-33-23-19(24(31-33)32-39(3,36)37)5-4-6-22(23)34-25(20(29)11-14-9-15(27)12-16(28)10-14)30-21-13-17(38-2)7-8-18(21)26(34)35/h4-10,12-13,20H,11,29H2,1-3H3,(H,31,32). The van der Waals surface area contributed by atoms with Crippen molar-refractivity contribution in [3.05, 3.63) is 88.0 Å². The molecule has 2 aromatic heterocycles. The number of hydrogen-bond acceptors (Lipinski definition) is 7. The van der Waals surface area contributed by atoms with Gasteiger partial charge in [0.05, 0.1) is 41.5 Å². The lowest BCUT2D eigenvalue weighted by Gasteiger charge is -2.20. The second kappa shape index (κ2) is 9.75. The lowest BCUT2D eigenvalue weighted by molar-refractivity contribution is 0.415. The van der Waals surface area contributed by atoms with Crippen LogP contribution in [0.2, 0.25) is 0 Å². The summed E-state index contributed by atoms with van der Waals surface area (Å²) >= 11 is 0. The average molecular weight is 555 g/mol. The summed E-state index contributed by atoms with van der Waals surface area (Å²) in [7, 11) is -0.545. The first-order valence-electron chi connectivity index (χ1n) is 11.7. The fourth-order valence-corrected chi connectivity index (χ4v) is 5.12. The molecule has 1 atom stereocenters. The van der Waals surface area contributed by atoms with E-state index in [-0.39, 0.29) is 29.0 Å². The van der Waals surface area contributed by atoms with Gasteiger partial charge in [-0.3, -0.25) is 18.8 Å². The Labute approximate surface area is 221 Å². The summed E-state index contributed by atoms with van der Waals surface area (Å²) in [6.45, 7) is 0. The van der Waals surface area contributed by atoms with E-state index in [4.69, 9.17) is 15.5 Å². The van der Waals surface area contributed by atoms with E-state index in [0.717, 1.165) is 12.3 Å². The molecule has 3 aromatic carbocycles. The zero-order valence-corrected chi connectivity index (χ0v) is 22.0. The number of aromatic nitrogens is 4. The lowest BCUT2D eigenvalue weighted by atomic mass is 10.0. The number of sulfonamides is 1. The molecule has 2 heterocycles. The van der Waals surface area contributed by atoms with E-state index in [0.29, 0.717) is 27.9 Å². The van der Waals surface area contributed by atoms with E-state index in [2.05, 4.69) is 9.82 Å². The van der Waals surface area contributed by atoms with Crippen molar-refractivity contribution in [1.82, 2.24) is 19.3 Å². The first-order valence-corrected chi connectivity index (χ1v) is 13.6. The molecule has 0 saturated carbocycles. The van der Waals surface area contributed by atoms with Gasteiger partial charge in [-0.05, 0) is 48.4 Å². The minimum absolute atomic E-state index is 0.0289. The molecular weight excluding hydrogens is 530 g/mol. The van der Waals surface area contributed by atoms with Crippen LogP contribution in [0.15, 0.2) is 59.4 Å². The van der Waals surface area contributed by atoms with Crippen molar-refractivity contribution in [2.75, 3.05) is 18.1 Å². The first kappa shape index (κ1) is 26.3. The predicted molar refractivity (Wildman–Crippen MR) is 144 cm³/mol. The number of anilines is 1. The van der Waals surface area contributed by atoms with Gasteiger partial charge in [-0.1, -0.05) is 6.07 Å². The molecule has 0 spiro atoms. The molecule has 0 saturated heterocycles. The minimum atomic E-state index is -3.64. The van der Waals surface area contributed by atoms with Crippen molar-refractivity contribution in [2.24, 2.45) is 12.8 Å². The van der Waals surface area contributed by atoms with E-state index in [1.165, 1.54) is 28.5 Å². The maximum Gasteiger partial charge on any atom is 0.266 e. The Bertz CT molecular complexity index is 1900. The maximum absolute atomic E-state index is 14.0. The Hall–Kier alpha value is -4.36. The fourth-order valence-electron chi connectivity index (χ4n) is 4.61. The summed E-state index contributed by atoms with van der Waals surface area (Å²) in [5, 5.41) is 5.01. The van der Waals surface area contributed by atoms with Crippen LogP contribution in [-0.2, 0) is 23.5 Å². The van der Waals surface area contributed by atoms with Crippen molar-refractivity contribution in [1.29, 1.82) is 0 Å². The molecule has 3 N–H and O–H groups in total. The number of rotatable bonds is 7. The highest BCUT2D eigenvalue weighted by molar-refractivity contribution is 7.92. The molecule has 0 fully saturated rings. The van der Waals surface area contributed by atoms with Gasteiger partial charge in [0, 0.05) is 24.6 Å². The molecule has 5 aromatic rings. The summed E-state index contributed by atoms with van der Waals surface area (Å²) < 4.78 is 62.1. The van der Waals surface area contributed by atoms with Crippen LogP contribution >= 0.6 is 0 Å². The van der Waals surface area contributed by atoms with Gasteiger partial charge in [0.1, 0.15) is 23.2 Å². The normalized spacial score (nSPS) is 12.7. The number of nitrogens with one attached hydrogen (secondary N) is 1. The Balaban J connectivity index is 1.78. The van der Waals surface area contributed by atoms with Crippen molar-refractivity contribution in [2.45, 2.75) is 12.5 Å². The molecule has 1 unspecified atom stereocenters. The summed E-state index contributed by atoms with van der Waals surface area (Å²) in [5.74, 6) is -0.821. The number of nitrogens with two attached hydrogens (primary N) is 1. The number of fused-ring (bicyclic) bond motifs is 2. The average Bonchev–Trinajstić information content (AvgIpc) is 3.16. The van der Waals surface area contributed by atoms with Crippen LogP contribution in [0, 0.1) is 11.6 Å². The lowest BCUT2D eigenvalue weighted by Crippen LogP contribution is -2.30. The third-order valence-corrected chi connectivity index (χ3v) is 6.74. The zero-order chi connectivity index (χ0) is 28.1. The van der Waals surface area contributed by atoms with E-state index >= 15 is 0 Å². The van der Waals surface area contributed by atoms with E-state index in [1.54, 1.807) is 43.4 Å². The summed E-state index contributed by atoms with van der Waals surface area (Å²) in [4.78, 5) is 18.7. The smallest absolute Gasteiger partial charge is 0.266 e. The van der Waals surface area contributed by atoms with Crippen LogP contribution in [0.1, 0.15) is 17.4 Å². The molecular formula is C26H24F2N6O4S. The van der Waals surface area contributed by atoms with Crippen molar-refractivity contribution in [3.63, 3.8) is 0 Å². The summed E-state index contributed by atoms with van der Waals surface area (Å²) in [6.07, 6.45) is 0.981. The van der Waals surface area contributed by atoms with Crippen LogP contribution < -0.4 is 20.8 Å². The first-order chi connectivity index (χ1) is 18.4. The molecule has 10 nitrogen and oxygen atoms in total. The predicted octanol–water partition coefficient (Wildman–Crippen LogP) is 3.17. The molecule has 0 aliphatic carbocycles. The maximum atomic E-state index is 14.0. The van der Waals surface area contributed by atoms with Gasteiger partial charge >= 0.3 is 0 Å². The highest BCUT2D eigenvalue weighted by Crippen LogP contribution is 2.30. The zero-order valence-electron chi connectivity index (χ0n) is 21.1. The van der Waals surface area contributed by atoms with Gasteiger partial charge in [-0.2, -0.15) is 5.10 Å².